The minimum Gasteiger partial charge on any atom is -0.465 e. The first-order chi connectivity index (χ1) is 23.9. The van der Waals surface area contributed by atoms with E-state index in [4.69, 9.17) is 28.4 Å². The van der Waals surface area contributed by atoms with Crippen molar-refractivity contribution in [2.24, 2.45) is 0 Å². The second kappa shape index (κ2) is 19.9. The molecule has 14 nitrogen and oxygen atoms in total. The number of esters is 2. The highest BCUT2D eigenvalue weighted by molar-refractivity contribution is 5.96. The molecule has 0 spiro atoms. The van der Waals surface area contributed by atoms with Crippen molar-refractivity contribution in [2.45, 2.75) is 128 Å². The van der Waals surface area contributed by atoms with Gasteiger partial charge in [0.05, 0.1) is 12.7 Å². The van der Waals surface area contributed by atoms with Gasteiger partial charge in [-0.25, -0.2) is 9.59 Å². The highest BCUT2D eigenvalue weighted by atomic mass is 16.7. The Labute approximate surface area is 292 Å². The molecule has 276 valence electrons. The molecule has 2 N–H and O–H groups in total. The van der Waals surface area contributed by atoms with Gasteiger partial charge in [-0.15, -0.1) is 0 Å². The Balaban J connectivity index is 1.81. The Bertz CT molecular complexity index is 1350. The summed E-state index contributed by atoms with van der Waals surface area (Å²) in [6.45, 7) is 6.45. The highest BCUT2D eigenvalue weighted by Crippen LogP contribution is 2.40. The number of imide groups is 1. The number of methoxy groups -OCH3 is 1. The second-order valence-corrected chi connectivity index (χ2v) is 12.5. The fourth-order valence-corrected chi connectivity index (χ4v) is 5.68. The summed E-state index contributed by atoms with van der Waals surface area (Å²) in [6, 6.07) is 0. The molecule has 0 aromatic carbocycles. The van der Waals surface area contributed by atoms with Crippen LogP contribution in [0.25, 0.3) is 0 Å². The van der Waals surface area contributed by atoms with Crippen LogP contribution in [-0.4, -0.2) is 91.7 Å². The van der Waals surface area contributed by atoms with Crippen LogP contribution in [0.1, 0.15) is 85.5 Å². The molecule has 3 aliphatic heterocycles. The lowest BCUT2D eigenvalue weighted by molar-refractivity contribution is -0.150. The van der Waals surface area contributed by atoms with Crippen molar-refractivity contribution in [3.05, 3.63) is 48.1 Å². The zero-order valence-corrected chi connectivity index (χ0v) is 29.5. The summed E-state index contributed by atoms with van der Waals surface area (Å²) in [7, 11) is 1.27. The first-order valence-electron chi connectivity index (χ1n) is 17.1. The Hall–Kier alpha value is -4.14. The number of allylic oxidation sites excluding steroid dienone is 3. The van der Waals surface area contributed by atoms with Crippen molar-refractivity contribution < 1.29 is 57.2 Å². The fourth-order valence-electron chi connectivity index (χ4n) is 5.68. The van der Waals surface area contributed by atoms with Gasteiger partial charge in [-0.2, -0.15) is 0 Å². The average molecular weight is 703 g/mol. The van der Waals surface area contributed by atoms with E-state index in [1.165, 1.54) is 38.3 Å². The third-order valence-corrected chi connectivity index (χ3v) is 8.39. The molecule has 2 saturated heterocycles. The highest BCUT2D eigenvalue weighted by Gasteiger charge is 2.58. The van der Waals surface area contributed by atoms with Crippen molar-refractivity contribution in [3.63, 3.8) is 0 Å². The van der Waals surface area contributed by atoms with Crippen LogP contribution in [0.4, 0.5) is 4.79 Å². The summed E-state index contributed by atoms with van der Waals surface area (Å²) < 4.78 is 34.3. The van der Waals surface area contributed by atoms with E-state index in [9.17, 15) is 28.8 Å². The van der Waals surface area contributed by atoms with Crippen LogP contribution >= 0.6 is 0 Å². The Morgan fingerprint density at radius 1 is 1.04 bits per heavy atom. The summed E-state index contributed by atoms with van der Waals surface area (Å²) in [5.41, 5.74) is -1.06. The number of carbonyl (C=O) groups excluding carboxylic acids is 6. The zero-order valence-electron chi connectivity index (χ0n) is 29.5. The number of rotatable bonds is 13. The number of hydrogen-bond donors (Lipinski definition) is 2. The molecule has 14 heteroatoms. The summed E-state index contributed by atoms with van der Waals surface area (Å²) in [6.07, 6.45) is 10.5. The van der Waals surface area contributed by atoms with Crippen molar-refractivity contribution in [1.82, 2.24) is 10.6 Å². The molecule has 0 saturated carbocycles. The maximum Gasteiger partial charge on any atom is 0.414 e. The number of alkyl carbamates (subject to hydrolysis) is 1. The molecule has 0 aliphatic carbocycles. The Morgan fingerprint density at radius 2 is 1.80 bits per heavy atom. The third-order valence-electron chi connectivity index (χ3n) is 8.39. The summed E-state index contributed by atoms with van der Waals surface area (Å²) in [5.74, 6) is -2.78. The van der Waals surface area contributed by atoms with Crippen molar-refractivity contribution in [1.29, 1.82) is 0 Å². The van der Waals surface area contributed by atoms with Gasteiger partial charge < -0.3 is 33.7 Å². The molecule has 2 fully saturated rings. The van der Waals surface area contributed by atoms with E-state index in [1.54, 1.807) is 19.1 Å². The number of nitrogens with one attached hydrogen (secondary N) is 2. The molecule has 0 bridgehead atoms. The topological polar surface area (TPSA) is 185 Å². The van der Waals surface area contributed by atoms with Crippen LogP contribution in [0, 0.1) is 0 Å². The molecule has 0 aromatic rings. The number of fused-ring (bicyclic) bond motifs is 3. The standard InChI is InChI=1S/C36H50N2O12/c1-6-7-8-9-10-16-29(42)46-21-14-12-15-26-32(50-35(44)37-25(4)40)34-33(48-26)31-27(47-31)19-18-23(2)22-28(41)38-36(45-5,24(3)39)20-13-11-17-30(43)49-34/h11-13,15,17,20,22,26-27,31-34H,6-10,14,16,18-19,21H2,1-5H3,(H,38,41)(H,37,40,44)/b15-12+,17-11-,20-13-,23-22-/t26-,27+,31-,32+,33-,34+,36+/m1/s1. The maximum absolute atomic E-state index is 13.1. The lowest BCUT2D eigenvalue weighted by Crippen LogP contribution is -2.53. The monoisotopic (exact) mass is 702 g/mol. The van der Waals surface area contributed by atoms with Crippen molar-refractivity contribution in [3.8, 4) is 0 Å². The van der Waals surface area contributed by atoms with Gasteiger partial charge >= 0.3 is 18.0 Å². The van der Waals surface area contributed by atoms with E-state index >= 15 is 0 Å². The number of epoxide rings is 1. The van der Waals surface area contributed by atoms with Gasteiger partial charge in [-0.05, 0) is 45.6 Å². The summed E-state index contributed by atoms with van der Waals surface area (Å²) >= 11 is 0. The number of amides is 3. The molecule has 3 aliphatic rings. The van der Waals surface area contributed by atoms with Gasteiger partial charge in [0.2, 0.25) is 17.5 Å². The molecule has 7 atom stereocenters. The first-order valence-corrected chi connectivity index (χ1v) is 17.1. The third kappa shape index (κ3) is 12.6. The molecule has 50 heavy (non-hydrogen) atoms. The maximum atomic E-state index is 13.1. The van der Waals surface area contributed by atoms with Crippen LogP contribution < -0.4 is 10.6 Å². The lowest BCUT2D eigenvalue weighted by Gasteiger charge is -2.27. The van der Waals surface area contributed by atoms with Crippen LogP contribution in [0.2, 0.25) is 0 Å². The van der Waals surface area contributed by atoms with Crippen LogP contribution in [0.3, 0.4) is 0 Å². The van der Waals surface area contributed by atoms with Gasteiger partial charge in [0.1, 0.15) is 18.3 Å². The predicted octanol–water partition coefficient (Wildman–Crippen LogP) is 3.82. The van der Waals surface area contributed by atoms with Crippen molar-refractivity contribution >= 4 is 35.6 Å². The number of carbonyl (C=O) groups is 6. The average Bonchev–Trinajstić information content (AvgIpc) is 3.75. The van der Waals surface area contributed by atoms with Crippen LogP contribution in [-0.2, 0) is 52.4 Å². The van der Waals surface area contributed by atoms with Crippen LogP contribution in [0.5, 0.6) is 0 Å². The molecule has 3 amide bonds. The molecule has 0 aromatic heterocycles. The molecule has 3 rings (SSSR count). The van der Waals surface area contributed by atoms with Gasteiger partial charge in [0.25, 0.3) is 0 Å². The normalized spacial score (nSPS) is 30.7. The van der Waals surface area contributed by atoms with E-state index in [-0.39, 0.29) is 18.7 Å². The van der Waals surface area contributed by atoms with Gasteiger partial charge in [0, 0.05) is 32.6 Å². The molecular formula is C36H50N2O12. The second-order valence-electron chi connectivity index (χ2n) is 12.5. The summed E-state index contributed by atoms with van der Waals surface area (Å²) in [5, 5.41) is 4.63. The Kier molecular flexibility index (Phi) is 16.0. The minimum absolute atomic E-state index is 0.139. The Morgan fingerprint density at radius 3 is 2.50 bits per heavy atom. The quantitative estimate of drug-likeness (QED) is 0.0931. The number of hydrogen-bond acceptors (Lipinski definition) is 12. The fraction of sp³-hybridized carbons (Fsp3) is 0.611. The van der Waals surface area contributed by atoms with Gasteiger partial charge in [-0.1, -0.05) is 62.5 Å². The van der Waals surface area contributed by atoms with Gasteiger partial charge in [-0.3, -0.25) is 24.5 Å². The molecule has 3 heterocycles. The van der Waals surface area contributed by atoms with E-state index in [0.717, 1.165) is 45.1 Å². The zero-order chi connectivity index (χ0) is 36.7. The smallest absolute Gasteiger partial charge is 0.414 e. The first kappa shape index (κ1) is 40.3. The summed E-state index contributed by atoms with van der Waals surface area (Å²) in [4.78, 5) is 74.6. The lowest BCUT2D eigenvalue weighted by atomic mass is 10.0. The minimum atomic E-state index is -1.78. The number of ketones is 1. The molecule has 0 radical (unpaired) electrons. The number of unbranched alkanes of at least 4 members (excludes halogenated alkanes) is 4. The largest absolute Gasteiger partial charge is 0.465 e. The number of Topliss-reactive ketones (excluding diaryl/α,β-unsaturated/α-hetero) is 1. The molecular weight excluding hydrogens is 652 g/mol. The van der Waals surface area contributed by atoms with E-state index < -0.39 is 65.9 Å². The van der Waals surface area contributed by atoms with Gasteiger partial charge in [0.15, 0.2) is 18.0 Å². The van der Waals surface area contributed by atoms with E-state index in [1.807, 2.05) is 0 Å². The predicted molar refractivity (Wildman–Crippen MR) is 179 cm³/mol. The van der Waals surface area contributed by atoms with Crippen molar-refractivity contribution in [2.75, 3.05) is 13.7 Å². The molecule has 0 unspecified atom stereocenters. The van der Waals surface area contributed by atoms with E-state index in [0.29, 0.717) is 31.3 Å². The number of ether oxygens (including phenoxy) is 6. The van der Waals surface area contributed by atoms with Crippen LogP contribution in [0.15, 0.2) is 48.1 Å². The van der Waals surface area contributed by atoms with E-state index in [2.05, 4.69) is 17.6 Å². The SMILES string of the molecule is CCCCCCCC(=O)OCC/C=C/[C@H]1O[C@H]2[C@@H](OC(=O)/C=C\C=C/[C@](OC)(C(C)=O)NC(=O)/C=C(/C)CC[C@@H]3O[C@@H]23)[C@H]1OC(=O)NC(C)=O.